The van der Waals surface area contributed by atoms with E-state index in [0.29, 0.717) is 19.3 Å². The fraction of sp³-hybridized carbons (Fsp3) is 0.942. The number of hydrogen-bond donors (Lipinski definition) is 0. The number of carbonyl (C=O) groups is 3. The Balaban J connectivity index is 4.28. The maximum Gasteiger partial charge on any atom is 0.306 e. The molecule has 0 aromatic rings. The topological polar surface area (TPSA) is 78.9 Å². The first-order valence-electron chi connectivity index (χ1n) is 25.8. The number of esters is 3. The molecular weight excluding hydrogens is 721 g/mol. The van der Waals surface area contributed by atoms with Crippen LogP contribution >= 0.6 is 0 Å². The minimum Gasteiger partial charge on any atom is -0.462 e. The zero-order chi connectivity index (χ0) is 42.6. The summed E-state index contributed by atoms with van der Waals surface area (Å²) in [5, 5.41) is 0. The third kappa shape index (κ3) is 44.0. The van der Waals surface area contributed by atoms with E-state index in [1.54, 1.807) is 0 Å². The Morgan fingerprint density at radius 3 is 0.983 bits per heavy atom. The number of rotatable bonds is 46. The molecule has 0 bridgehead atoms. The van der Waals surface area contributed by atoms with Crippen LogP contribution in [0.2, 0.25) is 0 Å². The maximum atomic E-state index is 12.8. The Hall–Kier alpha value is -1.59. The van der Waals surface area contributed by atoms with E-state index in [9.17, 15) is 14.4 Å². The summed E-state index contributed by atoms with van der Waals surface area (Å²) in [6, 6.07) is 0. The second-order valence-corrected chi connectivity index (χ2v) is 18.5. The van der Waals surface area contributed by atoms with Crippen molar-refractivity contribution < 1.29 is 28.6 Å². The summed E-state index contributed by atoms with van der Waals surface area (Å²) in [6.45, 7) is 11.4. The zero-order valence-electron chi connectivity index (χ0n) is 39.7. The van der Waals surface area contributed by atoms with Crippen LogP contribution in [0.25, 0.3) is 0 Å². The largest absolute Gasteiger partial charge is 0.462 e. The van der Waals surface area contributed by atoms with Crippen molar-refractivity contribution >= 4 is 17.9 Å². The number of carbonyl (C=O) groups excluding carboxylic acids is 3. The normalized spacial score (nSPS) is 12.5. The fourth-order valence-electron chi connectivity index (χ4n) is 7.78. The first kappa shape index (κ1) is 56.4. The molecule has 6 nitrogen and oxygen atoms in total. The summed E-state index contributed by atoms with van der Waals surface area (Å²) in [4.78, 5) is 37.9. The average Bonchev–Trinajstić information content (AvgIpc) is 3.21. The van der Waals surface area contributed by atoms with Gasteiger partial charge < -0.3 is 14.2 Å². The molecule has 1 unspecified atom stereocenters. The van der Waals surface area contributed by atoms with Crippen molar-refractivity contribution in [2.45, 2.75) is 291 Å². The van der Waals surface area contributed by atoms with Gasteiger partial charge in [0, 0.05) is 19.3 Å². The Labute approximate surface area is 361 Å². The SMILES string of the molecule is CCCCCCCCCCCCCCCC(=O)O[C@H](COC(=O)CCCCCCCCCCCCCCCCC(C)C)COC(=O)CCCCCCCCC(C)CC. The van der Waals surface area contributed by atoms with Gasteiger partial charge in [0.1, 0.15) is 13.2 Å². The smallest absolute Gasteiger partial charge is 0.306 e. The Kier molecular flexibility index (Phi) is 43.7. The molecule has 344 valence electrons. The summed E-state index contributed by atoms with van der Waals surface area (Å²) in [5.74, 6) is 0.808. The molecule has 0 aliphatic carbocycles. The molecule has 0 aliphatic heterocycles. The van der Waals surface area contributed by atoms with Gasteiger partial charge >= 0.3 is 17.9 Å². The lowest BCUT2D eigenvalue weighted by molar-refractivity contribution is -0.167. The van der Waals surface area contributed by atoms with Gasteiger partial charge in [-0.2, -0.15) is 0 Å². The Morgan fingerprint density at radius 2 is 0.655 bits per heavy atom. The van der Waals surface area contributed by atoms with Crippen LogP contribution in [0.3, 0.4) is 0 Å². The highest BCUT2D eigenvalue weighted by atomic mass is 16.6. The van der Waals surface area contributed by atoms with E-state index in [-0.39, 0.29) is 31.1 Å². The van der Waals surface area contributed by atoms with E-state index in [4.69, 9.17) is 14.2 Å². The van der Waals surface area contributed by atoms with Crippen LogP contribution in [0.4, 0.5) is 0 Å². The van der Waals surface area contributed by atoms with Crippen molar-refractivity contribution in [3.05, 3.63) is 0 Å². The van der Waals surface area contributed by atoms with Gasteiger partial charge in [0.2, 0.25) is 0 Å². The molecular formula is C52H100O6. The molecule has 0 saturated heterocycles. The van der Waals surface area contributed by atoms with Crippen molar-refractivity contribution in [1.29, 1.82) is 0 Å². The lowest BCUT2D eigenvalue weighted by atomic mass is 10.00. The molecule has 0 aromatic heterocycles. The highest BCUT2D eigenvalue weighted by Crippen LogP contribution is 2.18. The Bertz CT molecular complexity index is 887. The summed E-state index contributed by atoms with van der Waals surface area (Å²) in [5.41, 5.74) is 0. The zero-order valence-corrected chi connectivity index (χ0v) is 39.7. The summed E-state index contributed by atoms with van der Waals surface area (Å²) in [7, 11) is 0. The number of ether oxygens (including phenoxy) is 3. The van der Waals surface area contributed by atoms with Crippen molar-refractivity contribution in [3.8, 4) is 0 Å². The minimum atomic E-state index is -0.761. The molecule has 0 aliphatic rings. The van der Waals surface area contributed by atoms with Crippen LogP contribution in [-0.4, -0.2) is 37.2 Å². The molecule has 0 spiro atoms. The summed E-state index contributed by atoms with van der Waals surface area (Å²) < 4.78 is 16.8. The fourth-order valence-corrected chi connectivity index (χ4v) is 7.78. The van der Waals surface area contributed by atoms with E-state index in [2.05, 4.69) is 34.6 Å². The average molecular weight is 821 g/mol. The lowest BCUT2D eigenvalue weighted by Gasteiger charge is -2.18. The molecule has 0 aromatic carbocycles. The maximum absolute atomic E-state index is 12.8. The minimum absolute atomic E-state index is 0.0642. The van der Waals surface area contributed by atoms with Crippen LogP contribution in [0.5, 0.6) is 0 Å². The van der Waals surface area contributed by atoms with Gasteiger partial charge in [0.25, 0.3) is 0 Å². The molecule has 2 atom stereocenters. The highest BCUT2D eigenvalue weighted by Gasteiger charge is 2.19. The summed E-state index contributed by atoms with van der Waals surface area (Å²) >= 11 is 0. The van der Waals surface area contributed by atoms with Crippen LogP contribution in [0.15, 0.2) is 0 Å². The molecule has 0 fully saturated rings. The molecule has 6 heteroatoms. The van der Waals surface area contributed by atoms with Gasteiger partial charge in [-0.05, 0) is 31.1 Å². The van der Waals surface area contributed by atoms with Crippen LogP contribution in [0, 0.1) is 11.8 Å². The molecule has 58 heavy (non-hydrogen) atoms. The third-order valence-electron chi connectivity index (χ3n) is 12.1. The first-order chi connectivity index (χ1) is 28.3. The van der Waals surface area contributed by atoms with Crippen molar-refractivity contribution in [3.63, 3.8) is 0 Å². The van der Waals surface area contributed by atoms with Crippen LogP contribution in [0.1, 0.15) is 285 Å². The molecule has 0 N–H and O–H groups in total. The van der Waals surface area contributed by atoms with Gasteiger partial charge in [-0.3, -0.25) is 14.4 Å². The van der Waals surface area contributed by atoms with Gasteiger partial charge in [-0.25, -0.2) is 0 Å². The van der Waals surface area contributed by atoms with Crippen molar-refractivity contribution in [2.75, 3.05) is 13.2 Å². The van der Waals surface area contributed by atoms with Gasteiger partial charge in [-0.15, -0.1) is 0 Å². The highest BCUT2D eigenvalue weighted by molar-refractivity contribution is 5.71. The van der Waals surface area contributed by atoms with E-state index < -0.39 is 6.10 Å². The molecule has 0 saturated carbocycles. The number of hydrogen-bond acceptors (Lipinski definition) is 6. The molecule has 0 heterocycles. The Morgan fingerprint density at radius 1 is 0.362 bits per heavy atom. The number of unbranched alkanes of at least 4 members (excludes halogenated alkanes) is 30. The third-order valence-corrected chi connectivity index (χ3v) is 12.1. The van der Waals surface area contributed by atoms with E-state index in [0.717, 1.165) is 69.6 Å². The summed E-state index contributed by atoms with van der Waals surface area (Å²) in [6.07, 6.45) is 45.2. The second kappa shape index (κ2) is 44.9. The van der Waals surface area contributed by atoms with Crippen molar-refractivity contribution in [1.82, 2.24) is 0 Å². The lowest BCUT2D eigenvalue weighted by Crippen LogP contribution is -2.30. The van der Waals surface area contributed by atoms with Crippen LogP contribution in [-0.2, 0) is 28.6 Å². The van der Waals surface area contributed by atoms with Crippen LogP contribution < -0.4 is 0 Å². The molecule has 0 amide bonds. The predicted octanol–water partition coefficient (Wildman–Crippen LogP) is 16.5. The van der Waals surface area contributed by atoms with Crippen molar-refractivity contribution in [2.24, 2.45) is 11.8 Å². The first-order valence-corrected chi connectivity index (χ1v) is 25.8. The van der Waals surface area contributed by atoms with E-state index in [1.165, 1.54) is 173 Å². The molecule has 0 radical (unpaired) electrons. The second-order valence-electron chi connectivity index (χ2n) is 18.5. The monoisotopic (exact) mass is 821 g/mol. The van der Waals surface area contributed by atoms with Gasteiger partial charge in [-0.1, -0.05) is 247 Å². The van der Waals surface area contributed by atoms with E-state index in [1.807, 2.05) is 0 Å². The van der Waals surface area contributed by atoms with Gasteiger partial charge in [0.05, 0.1) is 0 Å². The predicted molar refractivity (Wildman–Crippen MR) is 247 cm³/mol. The standard InChI is InChI=1S/C52H100O6/c1-6-8-9-10-11-12-13-16-21-24-27-34-39-44-52(55)58-49(46-57-51(54)43-38-33-29-28-31-36-41-48(5)7-2)45-56-50(53)42-37-32-26-23-20-18-15-14-17-19-22-25-30-35-40-47(3)4/h47-49H,6-46H2,1-5H3/t48?,49-/m1/s1. The van der Waals surface area contributed by atoms with Gasteiger partial charge in [0.15, 0.2) is 6.10 Å². The molecule has 0 rings (SSSR count). The quantitative estimate of drug-likeness (QED) is 0.0346. The van der Waals surface area contributed by atoms with E-state index >= 15 is 0 Å².